The Kier molecular flexibility index (Phi) is 4.57. The second-order valence-corrected chi connectivity index (χ2v) is 5.93. The van der Waals surface area contributed by atoms with Crippen LogP contribution < -0.4 is 5.32 Å². The molecule has 1 N–H and O–H groups in total. The molecule has 0 unspecified atom stereocenters. The molecule has 0 aliphatic rings. The Labute approximate surface area is 136 Å². The SMILES string of the molecule is Cc1nc2ccc(-c3ccc(NCCCN(C)C)nc3)cc2o1. The molecular formula is C18H22N4O. The van der Waals surface area contributed by atoms with Crippen LogP contribution in [-0.4, -0.2) is 42.1 Å². The van der Waals surface area contributed by atoms with E-state index in [1.807, 2.05) is 37.4 Å². The van der Waals surface area contributed by atoms with Gasteiger partial charge in [0.2, 0.25) is 0 Å². The zero-order valence-corrected chi connectivity index (χ0v) is 13.8. The van der Waals surface area contributed by atoms with Crippen LogP contribution in [0, 0.1) is 6.92 Å². The smallest absolute Gasteiger partial charge is 0.192 e. The summed E-state index contributed by atoms with van der Waals surface area (Å²) < 4.78 is 5.59. The van der Waals surface area contributed by atoms with Gasteiger partial charge in [-0.25, -0.2) is 9.97 Å². The Morgan fingerprint density at radius 2 is 1.96 bits per heavy atom. The highest BCUT2D eigenvalue weighted by atomic mass is 16.3. The minimum absolute atomic E-state index is 0.688. The Morgan fingerprint density at radius 3 is 2.70 bits per heavy atom. The molecule has 2 heterocycles. The number of aromatic nitrogens is 2. The van der Waals surface area contributed by atoms with Gasteiger partial charge in [0.15, 0.2) is 11.5 Å². The number of fused-ring (bicyclic) bond motifs is 1. The fraction of sp³-hybridized carbons (Fsp3) is 0.333. The van der Waals surface area contributed by atoms with E-state index in [4.69, 9.17) is 4.42 Å². The lowest BCUT2D eigenvalue weighted by Crippen LogP contribution is -2.16. The third kappa shape index (κ3) is 3.87. The maximum absolute atomic E-state index is 5.59. The lowest BCUT2D eigenvalue weighted by molar-refractivity contribution is 0.405. The lowest BCUT2D eigenvalue weighted by atomic mass is 10.1. The Morgan fingerprint density at radius 1 is 1.13 bits per heavy atom. The summed E-state index contributed by atoms with van der Waals surface area (Å²) in [6.07, 6.45) is 2.98. The van der Waals surface area contributed by atoms with E-state index < -0.39 is 0 Å². The first kappa shape index (κ1) is 15.5. The molecule has 0 spiro atoms. The minimum atomic E-state index is 0.688. The predicted octanol–water partition coefficient (Wildman–Crippen LogP) is 3.56. The fourth-order valence-electron chi connectivity index (χ4n) is 2.50. The first-order chi connectivity index (χ1) is 11.1. The van der Waals surface area contributed by atoms with Crippen molar-refractivity contribution in [1.82, 2.24) is 14.9 Å². The minimum Gasteiger partial charge on any atom is -0.441 e. The molecule has 0 bridgehead atoms. The molecule has 23 heavy (non-hydrogen) atoms. The Hall–Kier alpha value is -2.40. The average Bonchev–Trinajstić information content (AvgIpc) is 2.91. The van der Waals surface area contributed by atoms with Crippen LogP contribution in [0.4, 0.5) is 5.82 Å². The van der Waals surface area contributed by atoms with E-state index in [9.17, 15) is 0 Å². The van der Waals surface area contributed by atoms with E-state index >= 15 is 0 Å². The summed E-state index contributed by atoms with van der Waals surface area (Å²) in [6.45, 7) is 3.85. The molecule has 0 atom stereocenters. The average molecular weight is 310 g/mol. The highest BCUT2D eigenvalue weighted by molar-refractivity contribution is 5.80. The summed E-state index contributed by atoms with van der Waals surface area (Å²) in [7, 11) is 4.17. The third-order valence-corrected chi connectivity index (χ3v) is 3.68. The molecule has 0 aliphatic heterocycles. The van der Waals surface area contributed by atoms with Gasteiger partial charge in [-0.2, -0.15) is 0 Å². The van der Waals surface area contributed by atoms with Crippen LogP contribution in [0.2, 0.25) is 0 Å². The molecular weight excluding hydrogens is 288 g/mol. The van der Waals surface area contributed by atoms with Gasteiger partial charge in [-0.15, -0.1) is 0 Å². The van der Waals surface area contributed by atoms with Crippen LogP contribution >= 0.6 is 0 Å². The number of rotatable bonds is 6. The number of nitrogens with zero attached hydrogens (tertiary/aromatic N) is 3. The van der Waals surface area contributed by atoms with Crippen molar-refractivity contribution in [1.29, 1.82) is 0 Å². The van der Waals surface area contributed by atoms with E-state index in [1.165, 1.54) is 0 Å². The topological polar surface area (TPSA) is 54.2 Å². The van der Waals surface area contributed by atoms with Crippen molar-refractivity contribution in [2.75, 3.05) is 32.5 Å². The van der Waals surface area contributed by atoms with Gasteiger partial charge >= 0.3 is 0 Å². The molecule has 5 nitrogen and oxygen atoms in total. The number of anilines is 1. The van der Waals surface area contributed by atoms with Gasteiger partial charge in [-0.05, 0) is 56.9 Å². The van der Waals surface area contributed by atoms with Gasteiger partial charge < -0.3 is 14.6 Å². The largest absolute Gasteiger partial charge is 0.441 e. The molecule has 2 aromatic heterocycles. The van der Waals surface area contributed by atoms with Gasteiger partial charge in [0.25, 0.3) is 0 Å². The van der Waals surface area contributed by atoms with Crippen LogP contribution in [0.3, 0.4) is 0 Å². The number of aryl methyl sites for hydroxylation is 1. The summed E-state index contributed by atoms with van der Waals surface area (Å²) in [5, 5.41) is 3.35. The molecule has 120 valence electrons. The van der Waals surface area contributed by atoms with Gasteiger partial charge in [0.05, 0.1) is 0 Å². The van der Waals surface area contributed by atoms with Crippen molar-refractivity contribution >= 4 is 16.9 Å². The van der Waals surface area contributed by atoms with Crippen LogP contribution in [0.25, 0.3) is 22.2 Å². The van der Waals surface area contributed by atoms with Gasteiger partial charge in [-0.1, -0.05) is 6.07 Å². The summed E-state index contributed by atoms with van der Waals surface area (Å²) in [5.74, 6) is 1.59. The molecule has 3 aromatic rings. The lowest BCUT2D eigenvalue weighted by Gasteiger charge is -2.10. The number of benzene rings is 1. The normalized spacial score (nSPS) is 11.3. The van der Waals surface area contributed by atoms with Gasteiger partial charge in [-0.3, -0.25) is 0 Å². The molecule has 0 fully saturated rings. The van der Waals surface area contributed by atoms with Crippen molar-refractivity contribution in [3.05, 3.63) is 42.4 Å². The van der Waals surface area contributed by atoms with Crippen LogP contribution in [0.5, 0.6) is 0 Å². The molecule has 0 saturated heterocycles. The maximum Gasteiger partial charge on any atom is 0.192 e. The van der Waals surface area contributed by atoms with Crippen molar-refractivity contribution in [3.8, 4) is 11.1 Å². The third-order valence-electron chi connectivity index (χ3n) is 3.68. The molecule has 0 aliphatic carbocycles. The zero-order chi connectivity index (χ0) is 16.2. The fourth-order valence-corrected chi connectivity index (χ4v) is 2.50. The zero-order valence-electron chi connectivity index (χ0n) is 13.8. The monoisotopic (exact) mass is 310 g/mol. The quantitative estimate of drug-likeness (QED) is 0.706. The second kappa shape index (κ2) is 6.79. The van der Waals surface area contributed by atoms with Gasteiger partial charge in [0.1, 0.15) is 11.3 Å². The summed E-state index contributed by atoms with van der Waals surface area (Å²) in [4.78, 5) is 11.0. The molecule has 0 amide bonds. The van der Waals surface area contributed by atoms with Crippen LogP contribution in [0.1, 0.15) is 12.3 Å². The molecule has 0 saturated carbocycles. The summed E-state index contributed by atoms with van der Waals surface area (Å²) in [5.41, 5.74) is 3.85. The highest BCUT2D eigenvalue weighted by Gasteiger charge is 2.05. The number of nitrogens with one attached hydrogen (secondary N) is 1. The maximum atomic E-state index is 5.59. The van der Waals surface area contributed by atoms with Crippen molar-refractivity contribution in [3.63, 3.8) is 0 Å². The molecule has 1 aromatic carbocycles. The molecule has 0 radical (unpaired) electrons. The summed E-state index contributed by atoms with van der Waals surface area (Å²) >= 11 is 0. The Balaban J connectivity index is 1.68. The second-order valence-electron chi connectivity index (χ2n) is 5.93. The standard InChI is InChI=1S/C18H22N4O/c1-13-21-16-7-5-14(11-17(16)23-13)15-6-8-18(20-12-15)19-9-4-10-22(2)3/h5-8,11-12H,4,9-10H2,1-3H3,(H,19,20). The van der Waals surface area contributed by atoms with E-state index in [0.29, 0.717) is 5.89 Å². The van der Waals surface area contributed by atoms with Crippen molar-refractivity contribution in [2.45, 2.75) is 13.3 Å². The summed E-state index contributed by atoms with van der Waals surface area (Å²) in [6, 6.07) is 10.1. The molecule has 3 rings (SSSR count). The van der Waals surface area contributed by atoms with E-state index in [0.717, 1.165) is 47.6 Å². The van der Waals surface area contributed by atoms with Crippen molar-refractivity contribution < 1.29 is 4.42 Å². The first-order valence-corrected chi connectivity index (χ1v) is 7.84. The van der Waals surface area contributed by atoms with E-state index in [2.05, 4.69) is 40.3 Å². The van der Waals surface area contributed by atoms with Crippen LogP contribution in [-0.2, 0) is 0 Å². The molecule has 5 heteroatoms. The first-order valence-electron chi connectivity index (χ1n) is 7.84. The number of oxazole rings is 1. The van der Waals surface area contributed by atoms with Crippen LogP contribution in [0.15, 0.2) is 40.9 Å². The number of hydrogen-bond donors (Lipinski definition) is 1. The van der Waals surface area contributed by atoms with E-state index in [-0.39, 0.29) is 0 Å². The van der Waals surface area contributed by atoms with E-state index in [1.54, 1.807) is 0 Å². The Bertz CT molecular complexity index is 777. The number of pyridine rings is 1. The van der Waals surface area contributed by atoms with Gasteiger partial charge in [0, 0.05) is 25.2 Å². The predicted molar refractivity (Wildman–Crippen MR) is 93.6 cm³/mol. The highest BCUT2D eigenvalue weighted by Crippen LogP contribution is 2.25. The van der Waals surface area contributed by atoms with Crippen molar-refractivity contribution in [2.24, 2.45) is 0 Å². The number of hydrogen-bond acceptors (Lipinski definition) is 5.